The van der Waals surface area contributed by atoms with Gasteiger partial charge in [0.1, 0.15) is 5.41 Å². The first-order valence-corrected chi connectivity index (χ1v) is 7.21. The van der Waals surface area contributed by atoms with Crippen LogP contribution in [0, 0.1) is 22.7 Å². The second-order valence-electron chi connectivity index (χ2n) is 6.53. The fourth-order valence-corrected chi connectivity index (χ4v) is 3.78. The SMILES string of the molecule is CCC1(C(F)(F)F)CCC1CC(C)C1(C(F)(F)F)COC1. The van der Waals surface area contributed by atoms with Crippen molar-refractivity contribution < 1.29 is 31.1 Å². The summed E-state index contributed by atoms with van der Waals surface area (Å²) >= 11 is 0. The summed E-state index contributed by atoms with van der Waals surface area (Å²) in [5, 5.41) is 0. The van der Waals surface area contributed by atoms with Gasteiger partial charge in [-0.2, -0.15) is 26.3 Å². The van der Waals surface area contributed by atoms with E-state index in [4.69, 9.17) is 4.74 Å². The quantitative estimate of drug-likeness (QED) is 0.666. The van der Waals surface area contributed by atoms with Crippen LogP contribution in [0.25, 0.3) is 0 Å². The molecule has 0 aromatic heterocycles. The Morgan fingerprint density at radius 1 is 1.10 bits per heavy atom. The molecule has 1 saturated heterocycles. The number of ether oxygens (including phenoxy) is 1. The first kappa shape index (κ1) is 16.9. The van der Waals surface area contributed by atoms with Crippen molar-refractivity contribution in [1.29, 1.82) is 0 Å². The van der Waals surface area contributed by atoms with E-state index >= 15 is 0 Å². The summed E-state index contributed by atoms with van der Waals surface area (Å²) in [4.78, 5) is 0. The third-order valence-corrected chi connectivity index (χ3v) is 5.78. The molecule has 0 N–H and O–H groups in total. The molecule has 0 aromatic rings. The van der Waals surface area contributed by atoms with Gasteiger partial charge in [-0.1, -0.05) is 13.8 Å². The van der Waals surface area contributed by atoms with Gasteiger partial charge >= 0.3 is 12.4 Å². The standard InChI is InChI=1S/C14H20F6O/c1-3-11(13(15,16)17)5-4-10(11)6-9(2)12(7-21-8-12)14(18,19)20/h9-10H,3-8H2,1-2H3. The van der Waals surface area contributed by atoms with Crippen molar-refractivity contribution in [1.82, 2.24) is 0 Å². The summed E-state index contributed by atoms with van der Waals surface area (Å²) in [5.41, 5.74) is -3.76. The highest BCUT2D eigenvalue weighted by Gasteiger charge is 2.66. The van der Waals surface area contributed by atoms with Gasteiger partial charge in [0.05, 0.1) is 18.6 Å². The Labute approximate surface area is 120 Å². The van der Waals surface area contributed by atoms with Crippen LogP contribution >= 0.6 is 0 Å². The lowest BCUT2D eigenvalue weighted by Gasteiger charge is -2.54. The Morgan fingerprint density at radius 3 is 1.90 bits per heavy atom. The average Bonchev–Trinajstić information content (AvgIpc) is 2.19. The third kappa shape index (κ3) is 2.35. The number of hydrogen-bond acceptors (Lipinski definition) is 1. The Bertz CT molecular complexity index is 354. The van der Waals surface area contributed by atoms with E-state index in [0.717, 1.165) is 0 Å². The first-order chi connectivity index (χ1) is 9.50. The van der Waals surface area contributed by atoms with E-state index in [-0.39, 0.29) is 19.3 Å². The maximum Gasteiger partial charge on any atom is 0.399 e. The van der Waals surface area contributed by atoms with Gasteiger partial charge in [-0.05, 0) is 37.5 Å². The largest absolute Gasteiger partial charge is 0.399 e. The third-order valence-electron chi connectivity index (χ3n) is 5.78. The molecule has 21 heavy (non-hydrogen) atoms. The van der Waals surface area contributed by atoms with E-state index in [0.29, 0.717) is 6.42 Å². The second kappa shape index (κ2) is 5.03. The molecule has 0 aromatic carbocycles. The fraction of sp³-hybridized carbons (Fsp3) is 1.00. The second-order valence-corrected chi connectivity index (χ2v) is 6.53. The smallest absolute Gasteiger partial charge is 0.379 e. The van der Waals surface area contributed by atoms with E-state index < -0.39 is 48.2 Å². The Balaban J connectivity index is 2.12. The van der Waals surface area contributed by atoms with Crippen molar-refractivity contribution >= 4 is 0 Å². The summed E-state index contributed by atoms with van der Waals surface area (Å²) in [7, 11) is 0. The molecule has 0 radical (unpaired) electrons. The van der Waals surface area contributed by atoms with E-state index in [1.54, 1.807) is 0 Å². The van der Waals surface area contributed by atoms with Crippen LogP contribution in [0.2, 0.25) is 0 Å². The summed E-state index contributed by atoms with van der Waals surface area (Å²) in [6, 6.07) is 0. The van der Waals surface area contributed by atoms with E-state index in [1.807, 2.05) is 0 Å². The van der Waals surface area contributed by atoms with Crippen LogP contribution in [0.4, 0.5) is 26.3 Å². The summed E-state index contributed by atoms with van der Waals surface area (Å²) in [6.45, 7) is 2.01. The molecule has 7 heteroatoms. The molecule has 1 heterocycles. The molecule has 2 rings (SSSR count). The summed E-state index contributed by atoms with van der Waals surface area (Å²) in [6.07, 6.45) is -8.50. The molecule has 3 unspecified atom stereocenters. The van der Waals surface area contributed by atoms with Crippen molar-refractivity contribution in [3.8, 4) is 0 Å². The Kier molecular flexibility index (Phi) is 4.05. The lowest BCUT2D eigenvalue weighted by molar-refractivity contribution is -0.328. The highest BCUT2D eigenvalue weighted by Crippen LogP contribution is 2.62. The molecule has 124 valence electrons. The maximum atomic E-state index is 13.2. The number of hydrogen-bond donors (Lipinski definition) is 0. The zero-order valence-corrected chi connectivity index (χ0v) is 12.1. The van der Waals surface area contributed by atoms with Gasteiger partial charge in [-0.3, -0.25) is 0 Å². The van der Waals surface area contributed by atoms with Crippen LogP contribution < -0.4 is 0 Å². The highest BCUT2D eigenvalue weighted by atomic mass is 19.4. The number of rotatable bonds is 4. The van der Waals surface area contributed by atoms with Crippen LogP contribution in [0.5, 0.6) is 0 Å². The normalized spacial score (nSPS) is 34.0. The zero-order chi connectivity index (χ0) is 16.1. The van der Waals surface area contributed by atoms with Crippen molar-refractivity contribution in [3.63, 3.8) is 0 Å². The minimum atomic E-state index is -4.43. The van der Waals surface area contributed by atoms with Crippen LogP contribution in [0.15, 0.2) is 0 Å². The monoisotopic (exact) mass is 318 g/mol. The minimum Gasteiger partial charge on any atom is -0.379 e. The number of alkyl halides is 6. The molecule has 0 bridgehead atoms. The molecule has 0 amide bonds. The van der Waals surface area contributed by atoms with Crippen molar-refractivity contribution in [3.05, 3.63) is 0 Å². The van der Waals surface area contributed by atoms with Crippen LogP contribution in [0.3, 0.4) is 0 Å². The molecule has 2 aliphatic rings. The molecule has 0 spiro atoms. The minimum absolute atomic E-state index is 0.0277. The summed E-state index contributed by atoms with van der Waals surface area (Å²) < 4.78 is 84.0. The van der Waals surface area contributed by atoms with E-state index in [9.17, 15) is 26.3 Å². The van der Waals surface area contributed by atoms with Gasteiger partial charge in [0.25, 0.3) is 0 Å². The van der Waals surface area contributed by atoms with Gasteiger partial charge in [0.15, 0.2) is 0 Å². The molecule has 1 aliphatic carbocycles. The fourth-order valence-electron chi connectivity index (χ4n) is 3.78. The molecule has 1 nitrogen and oxygen atoms in total. The predicted molar refractivity (Wildman–Crippen MR) is 64.6 cm³/mol. The molecular weight excluding hydrogens is 298 g/mol. The molecule has 1 saturated carbocycles. The van der Waals surface area contributed by atoms with Crippen LogP contribution in [0.1, 0.15) is 39.5 Å². The molecular formula is C14H20F6O. The maximum absolute atomic E-state index is 13.2. The predicted octanol–water partition coefficient (Wildman–Crippen LogP) is 4.96. The molecule has 1 aliphatic heterocycles. The molecule has 2 fully saturated rings. The van der Waals surface area contributed by atoms with Gasteiger partial charge < -0.3 is 4.74 Å². The van der Waals surface area contributed by atoms with Crippen LogP contribution in [-0.4, -0.2) is 25.6 Å². The van der Waals surface area contributed by atoms with Gasteiger partial charge in [0.2, 0.25) is 0 Å². The lowest BCUT2D eigenvalue weighted by Crippen LogP contribution is -2.59. The van der Waals surface area contributed by atoms with E-state index in [2.05, 4.69) is 0 Å². The van der Waals surface area contributed by atoms with Gasteiger partial charge in [-0.15, -0.1) is 0 Å². The topological polar surface area (TPSA) is 9.23 Å². The van der Waals surface area contributed by atoms with E-state index in [1.165, 1.54) is 13.8 Å². The van der Waals surface area contributed by atoms with Gasteiger partial charge in [0, 0.05) is 0 Å². The van der Waals surface area contributed by atoms with Crippen molar-refractivity contribution in [2.24, 2.45) is 22.7 Å². The van der Waals surface area contributed by atoms with Crippen LogP contribution in [-0.2, 0) is 4.74 Å². The highest BCUT2D eigenvalue weighted by molar-refractivity contribution is 5.03. The van der Waals surface area contributed by atoms with Gasteiger partial charge in [-0.25, -0.2) is 0 Å². The van der Waals surface area contributed by atoms with Crippen molar-refractivity contribution in [2.75, 3.05) is 13.2 Å². The average molecular weight is 318 g/mol. The Hall–Kier alpha value is -0.460. The Morgan fingerprint density at radius 2 is 1.67 bits per heavy atom. The summed E-state index contributed by atoms with van der Waals surface area (Å²) in [5.74, 6) is -1.57. The first-order valence-electron chi connectivity index (χ1n) is 7.21. The molecule has 3 atom stereocenters. The van der Waals surface area contributed by atoms with Crippen molar-refractivity contribution in [2.45, 2.75) is 51.9 Å². The lowest BCUT2D eigenvalue weighted by atomic mass is 9.54. The number of halogens is 6. The zero-order valence-electron chi connectivity index (χ0n) is 12.1.